The summed E-state index contributed by atoms with van der Waals surface area (Å²) in [6.07, 6.45) is 0.763. The molecule has 1 aliphatic rings. The minimum atomic E-state index is -0.171. The fraction of sp³-hybridized carbons (Fsp3) is 0.750. The molecule has 4 nitrogen and oxygen atoms in total. The van der Waals surface area contributed by atoms with Crippen LogP contribution in [0.2, 0.25) is 0 Å². The van der Waals surface area contributed by atoms with E-state index >= 15 is 0 Å². The Morgan fingerprint density at radius 3 is 2.75 bits per heavy atom. The van der Waals surface area contributed by atoms with E-state index in [2.05, 4.69) is 15.4 Å². The maximum atomic E-state index is 8.75. The zero-order valence-corrected chi connectivity index (χ0v) is 4.57. The molecular weight excluding hydrogens is 106 g/mol. The molecule has 0 aromatic heterocycles. The van der Waals surface area contributed by atoms with Gasteiger partial charge in [0.2, 0.25) is 5.90 Å². The van der Waals surface area contributed by atoms with Crippen LogP contribution in [0.4, 0.5) is 0 Å². The van der Waals surface area contributed by atoms with E-state index in [0.717, 1.165) is 6.42 Å². The zero-order chi connectivity index (χ0) is 5.98. The summed E-state index contributed by atoms with van der Waals surface area (Å²) in [4.78, 5) is 0. The molecule has 4 heteroatoms. The van der Waals surface area contributed by atoms with E-state index in [0.29, 0.717) is 0 Å². The van der Waals surface area contributed by atoms with E-state index in [9.17, 15) is 0 Å². The van der Waals surface area contributed by atoms with Crippen molar-refractivity contribution >= 4 is 5.90 Å². The van der Waals surface area contributed by atoms with Gasteiger partial charge in [-0.25, -0.2) is 0 Å². The van der Waals surface area contributed by atoms with Crippen LogP contribution >= 0.6 is 0 Å². The first-order chi connectivity index (χ1) is 3.84. The molecule has 0 aromatic carbocycles. The number of hydrogen-bond donors (Lipinski definition) is 1. The Hall–Kier alpha value is -0.930. The lowest BCUT2D eigenvalue weighted by molar-refractivity contribution is 0.516. The minimum Gasteiger partial charge on any atom is -0.494 e. The van der Waals surface area contributed by atoms with Gasteiger partial charge in [-0.3, -0.25) is 0 Å². The van der Waals surface area contributed by atoms with Crippen molar-refractivity contribution in [2.24, 2.45) is 15.4 Å². The summed E-state index contributed by atoms with van der Waals surface area (Å²) in [5, 5.41) is 19.0. The van der Waals surface area contributed by atoms with Crippen LogP contribution in [0, 0.1) is 0 Å². The number of nitrogens with zero attached hydrogens (tertiary/aromatic N) is 3. The summed E-state index contributed by atoms with van der Waals surface area (Å²) < 4.78 is 0. The summed E-state index contributed by atoms with van der Waals surface area (Å²) in [7, 11) is 0. The van der Waals surface area contributed by atoms with Crippen molar-refractivity contribution in [3.8, 4) is 0 Å². The van der Waals surface area contributed by atoms with E-state index in [-0.39, 0.29) is 11.9 Å². The van der Waals surface area contributed by atoms with E-state index in [4.69, 9.17) is 5.11 Å². The van der Waals surface area contributed by atoms with Crippen LogP contribution in [0.5, 0.6) is 0 Å². The molecule has 0 aromatic rings. The van der Waals surface area contributed by atoms with Crippen molar-refractivity contribution in [3.63, 3.8) is 0 Å². The predicted molar refractivity (Wildman–Crippen MR) is 29.0 cm³/mol. The Bertz CT molecular complexity index is 140. The van der Waals surface area contributed by atoms with Gasteiger partial charge in [0.05, 0.1) is 0 Å². The Balaban J connectivity index is 2.58. The molecule has 1 N–H and O–H groups in total. The molecule has 8 heavy (non-hydrogen) atoms. The monoisotopic (exact) mass is 113 g/mol. The van der Waals surface area contributed by atoms with Gasteiger partial charge in [-0.2, -0.15) is 5.11 Å². The molecule has 0 saturated carbocycles. The van der Waals surface area contributed by atoms with E-state index in [1.165, 1.54) is 0 Å². The third-order valence-electron chi connectivity index (χ3n) is 1.02. The lowest BCUT2D eigenvalue weighted by Crippen LogP contribution is -2.12. The second-order valence-electron chi connectivity index (χ2n) is 1.59. The van der Waals surface area contributed by atoms with E-state index < -0.39 is 0 Å². The van der Waals surface area contributed by atoms with Crippen molar-refractivity contribution in [2.45, 2.75) is 19.4 Å². The normalized spacial score (nSPS) is 26.1. The van der Waals surface area contributed by atoms with Crippen molar-refractivity contribution in [1.29, 1.82) is 0 Å². The molecule has 1 atom stereocenters. The van der Waals surface area contributed by atoms with Crippen LogP contribution in [0.3, 0.4) is 0 Å². The summed E-state index contributed by atoms with van der Waals surface area (Å²) in [5.41, 5.74) is 0. The molecule has 0 fully saturated rings. The molecule has 0 unspecified atom stereocenters. The highest BCUT2D eigenvalue weighted by Gasteiger charge is 2.15. The van der Waals surface area contributed by atoms with Gasteiger partial charge in [0, 0.05) is 0 Å². The fourth-order valence-corrected chi connectivity index (χ4v) is 0.516. The molecule has 1 rings (SSSR count). The first kappa shape index (κ1) is 5.21. The number of aliphatic hydroxyl groups excluding tert-OH is 1. The molecule has 0 aliphatic carbocycles. The first-order valence-corrected chi connectivity index (χ1v) is 2.51. The Labute approximate surface area is 46.9 Å². The highest BCUT2D eigenvalue weighted by atomic mass is 16.3. The van der Waals surface area contributed by atoms with Crippen molar-refractivity contribution in [2.75, 3.05) is 0 Å². The fourth-order valence-electron chi connectivity index (χ4n) is 0.516. The third kappa shape index (κ3) is 0.685. The van der Waals surface area contributed by atoms with Gasteiger partial charge in [0.15, 0.2) is 0 Å². The lowest BCUT2D eigenvalue weighted by atomic mass is 10.2. The zero-order valence-electron chi connectivity index (χ0n) is 4.57. The quantitative estimate of drug-likeness (QED) is 0.543. The van der Waals surface area contributed by atoms with Crippen molar-refractivity contribution < 1.29 is 5.11 Å². The topological polar surface area (TPSA) is 57.3 Å². The third-order valence-corrected chi connectivity index (χ3v) is 1.02. The van der Waals surface area contributed by atoms with Gasteiger partial charge in [-0.1, -0.05) is 12.0 Å². The van der Waals surface area contributed by atoms with Crippen LogP contribution in [-0.2, 0) is 0 Å². The average molecular weight is 113 g/mol. The van der Waals surface area contributed by atoms with Gasteiger partial charge < -0.3 is 5.11 Å². The van der Waals surface area contributed by atoms with Crippen molar-refractivity contribution in [1.82, 2.24) is 0 Å². The molecule has 0 bridgehead atoms. The Morgan fingerprint density at radius 1 is 1.75 bits per heavy atom. The Kier molecular flexibility index (Phi) is 1.24. The minimum absolute atomic E-state index is 0.0347. The van der Waals surface area contributed by atoms with Crippen LogP contribution in [0.1, 0.15) is 13.3 Å². The second-order valence-corrected chi connectivity index (χ2v) is 1.59. The SMILES string of the molecule is CC[C@H]1N=NN=C1O. The summed E-state index contributed by atoms with van der Waals surface area (Å²) >= 11 is 0. The van der Waals surface area contributed by atoms with Crippen LogP contribution in [0.15, 0.2) is 15.4 Å². The summed E-state index contributed by atoms with van der Waals surface area (Å²) in [6, 6.07) is -0.171. The van der Waals surface area contributed by atoms with Crippen LogP contribution in [-0.4, -0.2) is 17.0 Å². The molecule has 1 heterocycles. The smallest absolute Gasteiger partial charge is 0.235 e. The molecule has 0 radical (unpaired) electrons. The summed E-state index contributed by atoms with van der Waals surface area (Å²) in [6.45, 7) is 1.92. The first-order valence-electron chi connectivity index (χ1n) is 2.51. The molecule has 44 valence electrons. The van der Waals surface area contributed by atoms with Gasteiger partial charge in [0.25, 0.3) is 0 Å². The average Bonchev–Trinajstić information content (AvgIpc) is 2.14. The van der Waals surface area contributed by atoms with Gasteiger partial charge in [-0.15, -0.1) is 0 Å². The second kappa shape index (κ2) is 1.90. The predicted octanol–water partition coefficient (Wildman–Crippen LogP) is 1.10. The molecule has 0 saturated heterocycles. The molecule has 0 spiro atoms. The standard InChI is InChI=1S/C4H7N3O/c1-2-3-4(8)6-7-5-3/h3H,2H2,1H3,(H,5,6,8)/t3-/m1/s1. The van der Waals surface area contributed by atoms with E-state index in [1.807, 2.05) is 6.92 Å². The number of rotatable bonds is 1. The highest BCUT2D eigenvalue weighted by molar-refractivity contribution is 5.80. The van der Waals surface area contributed by atoms with Gasteiger partial charge in [0.1, 0.15) is 6.04 Å². The maximum absolute atomic E-state index is 8.75. The van der Waals surface area contributed by atoms with Gasteiger partial charge in [-0.05, 0) is 11.6 Å². The van der Waals surface area contributed by atoms with Crippen LogP contribution in [0.25, 0.3) is 0 Å². The molecule has 0 amide bonds. The molecular formula is C4H7N3O. The largest absolute Gasteiger partial charge is 0.494 e. The number of hydrogen-bond acceptors (Lipinski definition) is 3. The lowest BCUT2D eigenvalue weighted by Gasteiger charge is -1.95. The Morgan fingerprint density at radius 2 is 2.50 bits per heavy atom. The van der Waals surface area contributed by atoms with E-state index in [1.54, 1.807) is 0 Å². The van der Waals surface area contributed by atoms with Crippen LogP contribution < -0.4 is 0 Å². The highest BCUT2D eigenvalue weighted by Crippen LogP contribution is 2.05. The summed E-state index contributed by atoms with van der Waals surface area (Å²) in [5.74, 6) is 0.0347. The van der Waals surface area contributed by atoms with Gasteiger partial charge >= 0.3 is 0 Å². The molecule has 1 aliphatic heterocycles. The van der Waals surface area contributed by atoms with Crippen molar-refractivity contribution in [3.05, 3.63) is 0 Å². The number of aliphatic hydroxyl groups is 1. The maximum Gasteiger partial charge on any atom is 0.235 e.